The Kier molecular flexibility index (Phi) is 9.90. The second-order valence-corrected chi connectivity index (χ2v) is 12.9. The van der Waals surface area contributed by atoms with Crippen LogP contribution in [0.1, 0.15) is 39.7 Å². The minimum atomic E-state index is -4.14. The van der Waals surface area contributed by atoms with Crippen LogP contribution in [-0.4, -0.2) is 43.3 Å². The van der Waals surface area contributed by atoms with Gasteiger partial charge in [0.05, 0.1) is 10.6 Å². The zero-order valence-electron chi connectivity index (χ0n) is 22.4. The summed E-state index contributed by atoms with van der Waals surface area (Å²) in [5.41, 5.74) is 0.354. The van der Waals surface area contributed by atoms with E-state index in [2.05, 4.69) is 21.2 Å². The second kappa shape index (κ2) is 12.7. The van der Waals surface area contributed by atoms with Crippen LogP contribution < -0.4 is 9.62 Å². The molecule has 0 unspecified atom stereocenters. The highest BCUT2D eigenvalue weighted by Gasteiger charge is 2.34. The summed E-state index contributed by atoms with van der Waals surface area (Å²) in [7, 11) is -4.14. The van der Waals surface area contributed by atoms with Gasteiger partial charge in [-0.25, -0.2) is 12.8 Å². The van der Waals surface area contributed by atoms with Gasteiger partial charge in [-0.2, -0.15) is 0 Å². The van der Waals surface area contributed by atoms with Gasteiger partial charge in [0, 0.05) is 16.6 Å². The Bertz CT molecular complexity index is 1380. The molecular weight excluding hydrogens is 585 g/mol. The topological polar surface area (TPSA) is 86.8 Å². The Morgan fingerprint density at radius 3 is 2.08 bits per heavy atom. The Hall–Kier alpha value is -3.24. The van der Waals surface area contributed by atoms with E-state index < -0.39 is 39.9 Å². The fourth-order valence-electron chi connectivity index (χ4n) is 4.01. The SMILES string of the molecule is CC[C@@H](C(=O)NC(C)(C)C)N(Cc1ccc(F)cc1)C(=O)CN(c1ccc(Br)cc1)S(=O)(=O)c1ccccc1. The summed E-state index contributed by atoms with van der Waals surface area (Å²) in [5.74, 6) is -1.36. The molecule has 0 saturated carbocycles. The normalized spacial score (nSPS) is 12.5. The van der Waals surface area contributed by atoms with E-state index in [0.29, 0.717) is 17.7 Å². The molecule has 0 aliphatic rings. The molecule has 3 aromatic rings. The molecule has 1 N–H and O–H groups in total. The van der Waals surface area contributed by atoms with Gasteiger partial charge in [0.2, 0.25) is 11.8 Å². The van der Waals surface area contributed by atoms with Crippen LogP contribution >= 0.6 is 15.9 Å². The Morgan fingerprint density at radius 1 is 0.949 bits per heavy atom. The predicted molar refractivity (Wildman–Crippen MR) is 154 cm³/mol. The molecular formula is C29H33BrFN3O4S. The van der Waals surface area contributed by atoms with Crippen molar-refractivity contribution in [3.8, 4) is 0 Å². The number of amides is 2. The van der Waals surface area contributed by atoms with Gasteiger partial charge in [-0.3, -0.25) is 13.9 Å². The molecule has 10 heteroatoms. The number of carbonyl (C=O) groups excluding carboxylic acids is 2. The Balaban J connectivity index is 2.05. The molecule has 0 fully saturated rings. The molecule has 0 spiro atoms. The third kappa shape index (κ3) is 8.12. The quantitative estimate of drug-likeness (QED) is 0.325. The fraction of sp³-hybridized carbons (Fsp3) is 0.310. The van der Waals surface area contributed by atoms with E-state index in [4.69, 9.17) is 0 Å². The first-order chi connectivity index (χ1) is 18.3. The largest absolute Gasteiger partial charge is 0.350 e. The molecule has 0 bridgehead atoms. The molecule has 0 aromatic heterocycles. The van der Waals surface area contributed by atoms with Crippen LogP contribution in [0.4, 0.5) is 10.1 Å². The third-order valence-electron chi connectivity index (χ3n) is 5.87. The van der Waals surface area contributed by atoms with Crippen LogP contribution in [-0.2, 0) is 26.2 Å². The molecule has 0 saturated heterocycles. The second-order valence-electron chi connectivity index (χ2n) is 10.1. The summed E-state index contributed by atoms with van der Waals surface area (Å²) in [4.78, 5) is 28.7. The van der Waals surface area contributed by atoms with Crippen LogP contribution in [0.5, 0.6) is 0 Å². The van der Waals surface area contributed by atoms with Crippen molar-refractivity contribution in [1.29, 1.82) is 0 Å². The van der Waals surface area contributed by atoms with Gasteiger partial charge in [0.25, 0.3) is 10.0 Å². The maximum absolute atomic E-state index is 14.0. The van der Waals surface area contributed by atoms with E-state index in [0.717, 1.165) is 8.78 Å². The molecule has 1 atom stereocenters. The maximum Gasteiger partial charge on any atom is 0.264 e. The number of hydrogen-bond acceptors (Lipinski definition) is 4. The lowest BCUT2D eigenvalue weighted by molar-refractivity contribution is -0.141. The van der Waals surface area contributed by atoms with Gasteiger partial charge in [0.1, 0.15) is 18.4 Å². The molecule has 3 rings (SSSR count). The highest BCUT2D eigenvalue weighted by atomic mass is 79.9. The van der Waals surface area contributed by atoms with Crippen molar-refractivity contribution < 1.29 is 22.4 Å². The number of nitrogens with one attached hydrogen (secondary N) is 1. The molecule has 0 radical (unpaired) electrons. The molecule has 0 aliphatic carbocycles. The van der Waals surface area contributed by atoms with Gasteiger partial charge in [-0.15, -0.1) is 0 Å². The fourth-order valence-corrected chi connectivity index (χ4v) is 5.71. The average Bonchev–Trinajstić information content (AvgIpc) is 2.88. The van der Waals surface area contributed by atoms with Crippen molar-refractivity contribution in [2.24, 2.45) is 0 Å². The summed E-state index contributed by atoms with van der Waals surface area (Å²) in [6.07, 6.45) is 0.290. The van der Waals surface area contributed by atoms with Crippen molar-refractivity contribution in [3.05, 3.63) is 94.7 Å². The number of benzene rings is 3. The average molecular weight is 619 g/mol. The van der Waals surface area contributed by atoms with E-state index in [9.17, 15) is 22.4 Å². The monoisotopic (exact) mass is 617 g/mol. The zero-order chi connectivity index (χ0) is 28.8. The summed E-state index contributed by atoms with van der Waals surface area (Å²) in [6, 6.07) is 19.2. The Labute approximate surface area is 238 Å². The highest BCUT2D eigenvalue weighted by molar-refractivity contribution is 9.10. The first kappa shape index (κ1) is 30.3. The van der Waals surface area contributed by atoms with Crippen LogP contribution in [0, 0.1) is 5.82 Å². The number of sulfonamides is 1. The first-order valence-electron chi connectivity index (χ1n) is 12.5. The number of nitrogens with zero attached hydrogens (tertiary/aromatic N) is 2. The van der Waals surface area contributed by atoms with Crippen molar-refractivity contribution in [3.63, 3.8) is 0 Å². The van der Waals surface area contributed by atoms with Crippen molar-refractivity contribution in [1.82, 2.24) is 10.2 Å². The van der Waals surface area contributed by atoms with Gasteiger partial charge in [-0.1, -0.05) is 53.2 Å². The lowest BCUT2D eigenvalue weighted by Crippen LogP contribution is -2.55. The molecule has 0 heterocycles. The summed E-state index contributed by atoms with van der Waals surface area (Å²) in [6.45, 7) is 6.75. The number of rotatable bonds is 10. The van der Waals surface area contributed by atoms with Gasteiger partial charge < -0.3 is 10.2 Å². The molecule has 3 aromatic carbocycles. The molecule has 39 heavy (non-hydrogen) atoms. The number of hydrogen-bond donors (Lipinski definition) is 1. The van der Waals surface area contributed by atoms with Crippen molar-refractivity contribution in [2.45, 2.75) is 57.1 Å². The van der Waals surface area contributed by atoms with Gasteiger partial charge >= 0.3 is 0 Å². The maximum atomic E-state index is 14.0. The van der Waals surface area contributed by atoms with Crippen LogP contribution in [0.3, 0.4) is 0 Å². The van der Waals surface area contributed by atoms with Crippen LogP contribution in [0.15, 0.2) is 88.2 Å². The summed E-state index contributed by atoms with van der Waals surface area (Å²) >= 11 is 3.36. The van der Waals surface area contributed by atoms with Gasteiger partial charge in [-0.05, 0) is 81.3 Å². The lowest BCUT2D eigenvalue weighted by Gasteiger charge is -2.34. The molecule has 208 valence electrons. The summed E-state index contributed by atoms with van der Waals surface area (Å²) in [5, 5.41) is 2.92. The van der Waals surface area contributed by atoms with Crippen LogP contribution in [0.25, 0.3) is 0 Å². The standard InChI is InChI=1S/C29H33BrFN3O4S/c1-5-26(28(36)32-29(2,3)4)33(19-21-11-15-23(31)16-12-21)27(35)20-34(24-17-13-22(30)14-18-24)39(37,38)25-9-7-6-8-10-25/h6-18,26H,5,19-20H2,1-4H3,(H,32,36)/t26-/m0/s1. The zero-order valence-corrected chi connectivity index (χ0v) is 24.8. The van der Waals surface area contributed by atoms with Crippen LogP contribution in [0.2, 0.25) is 0 Å². The van der Waals surface area contributed by atoms with E-state index >= 15 is 0 Å². The number of halogens is 2. The van der Waals surface area contributed by atoms with E-state index in [1.165, 1.54) is 41.3 Å². The number of carbonyl (C=O) groups is 2. The molecule has 0 aliphatic heterocycles. The lowest BCUT2D eigenvalue weighted by atomic mass is 10.1. The van der Waals surface area contributed by atoms with E-state index in [-0.39, 0.29) is 17.3 Å². The van der Waals surface area contributed by atoms with E-state index in [1.54, 1.807) is 49.4 Å². The summed E-state index contributed by atoms with van der Waals surface area (Å²) < 4.78 is 42.9. The van der Waals surface area contributed by atoms with Crippen molar-refractivity contribution >= 4 is 43.5 Å². The molecule has 7 nitrogen and oxygen atoms in total. The van der Waals surface area contributed by atoms with Gasteiger partial charge in [0.15, 0.2) is 0 Å². The minimum Gasteiger partial charge on any atom is -0.350 e. The third-order valence-corrected chi connectivity index (χ3v) is 8.19. The Morgan fingerprint density at radius 2 is 1.54 bits per heavy atom. The molecule has 2 amide bonds. The first-order valence-corrected chi connectivity index (χ1v) is 14.7. The smallest absolute Gasteiger partial charge is 0.264 e. The van der Waals surface area contributed by atoms with Crippen molar-refractivity contribution in [2.75, 3.05) is 10.8 Å². The number of anilines is 1. The minimum absolute atomic E-state index is 0.00521. The highest BCUT2D eigenvalue weighted by Crippen LogP contribution is 2.26. The van der Waals surface area contributed by atoms with E-state index in [1.807, 2.05) is 20.8 Å². The predicted octanol–water partition coefficient (Wildman–Crippen LogP) is 5.51.